The summed E-state index contributed by atoms with van der Waals surface area (Å²) < 4.78 is 4.00. The van der Waals surface area contributed by atoms with Crippen LogP contribution in [0.5, 0.6) is 0 Å². The van der Waals surface area contributed by atoms with Gasteiger partial charge in [-0.3, -0.25) is 4.68 Å². The van der Waals surface area contributed by atoms with Crippen molar-refractivity contribution in [2.45, 2.75) is 33.0 Å². The second-order valence-electron chi connectivity index (χ2n) is 4.46. The molecular weight excluding hydrogens is 214 g/mol. The van der Waals surface area contributed by atoms with Crippen LogP contribution >= 0.6 is 0 Å². The van der Waals surface area contributed by atoms with Crippen molar-refractivity contribution < 1.29 is 0 Å². The van der Waals surface area contributed by atoms with E-state index in [9.17, 15) is 0 Å². The molecule has 0 amide bonds. The van der Waals surface area contributed by atoms with Crippen LogP contribution in [0.15, 0.2) is 24.7 Å². The maximum absolute atomic E-state index is 4.24. The Morgan fingerprint density at radius 3 is 2.88 bits per heavy atom. The standard InChI is InChI=1S/C12H19N5/c1-10(2)13-7-11-5-4-6-17(11)8-12-14-9-15-16(12)3/h4-6,9-10,13H,7-8H2,1-3H3. The summed E-state index contributed by atoms with van der Waals surface area (Å²) in [5.74, 6) is 0.965. The lowest BCUT2D eigenvalue weighted by Gasteiger charge is -2.11. The molecule has 5 nitrogen and oxygen atoms in total. The van der Waals surface area contributed by atoms with E-state index in [0.29, 0.717) is 6.04 Å². The first kappa shape index (κ1) is 11.9. The summed E-state index contributed by atoms with van der Waals surface area (Å²) in [5, 5.41) is 7.50. The second kappa shape index (κ2) is 5.14. The molecule has 0 bridgehead atoms. The number of hydrogen-bond acceptors (Lipinski definition) is 3. The molecule has 0 aromatic carbocycles. The topological polar surface area (TPSA) is 47.7 Å². The van der Waals surface area contributed by atoms with E-state index in [1.54, 1.807) is 11.0 Å². The van der Waals surface area contributed by atoms with Gasteiger partial charge in [0.1, 0.15) is 12.2 Å². The number of nitrogens with zero attached hydrogens (tertiary/aromatic N) is 4. The van der Waals surface area contributed by atoms with Crippen LogP contribution in [-0.4, -0.2) is 25.4 Å². The molecule has 2 aromatic heterocycles. The van der Waals surface area contributed by atoms with Crippen molar-refractivity contribution in [2.24, 2.45) is 7.05 Å². The monoisotopic (exact) mass is 233 g/mol. The molecule has 2 rings (SSSR count). The van der Waals surface area contributed by atoms with Gasteiger partial charge in [-0.1, -0.05) is 13.8 Å². The first-order valence-electron chi connectivity index (χ1n) is 5.87. The zero-order valence-corrected chi connectivity index (χ0v) is 10.6. The van der Waals surface area contributed by atoms with Gasteiger partial charge in [-0.25, -0.2) is 4.98 Å². The zero-order valence-electron chi connectivity index (χ0n) is 10.6. The Kier molecular flexibility index (Phi) is 3.58. The van der Waals surface area contributed by atoms with Gasteiger partial charge >= 0.3 is 0 Å². The Hall–Kier alpha value is -1.62. The second-order valence-corrected chi connectivity index (χ2v) is 4.46. The number of hydrogen-bond donors (Lipinski definition) is 1. The van der Waals surface area contributed by atoms with Crippen molar-refractivity contribution in [1.82, 2.24) is 24.6 Å². The van der Waals surface area contributed by atoms with E-state index >= 15 is 0 Å². The lowest BCUT2D eigenvalue weighted by atomic mass is 10.3. The Labute approximate surface area is 101 Å². The van der Waals surface area contributed by atoms with Crippen LogP contribution in [0, 0.1) is 0 Å². The molecule has 0 spiro atoms. The average Bonchev–Trinajstić information content (AvgIpc) is 2.87. The van der Waals surface area contributed by atoms with E-state index in [4.69, 9.17) is 0 Å². The van der Waals surface area contributed by atoms with E-state index in [1.165, 1.54) is 5.69 Å². The van der Waals surface area contributed by atoms with E-state index in [1.807, 2.05) is 7.05 Å². The summed E-state index contributed by atoms with van der Waals surface area (Å²) in [6.45, 7) is 5.94. The lowest BCUT2D eigenvalue weighted by Crippen LogP contribution is -2.23. The van der Waals surface area contributed by atoms with Gasteiger partial charge in [0.2, 0.25) is 0 Å². The minimum absolute atomic E-state index is 0.494. The van der Waals surface area contributed by atoms with Gasteiger partial charge in [0.05, 0.1) is 6.54 Å². The predicted octanol–water partition coefficient (Wildman–Crippen LogP) is 1.16. The number of rotatable bonds is 5. The van der Waals surface area contributed by atoms with Crippen LogP contribution in [0.3, 0.4) is 0 Å². The maximum atomic E-state index is 4.24. The summed E-state index contributed by atoms with van der Waals surface area (Å²) in [6, 6.07) is 4.69. The van der Waals surface area contributed by atoms with Gasteiger partial charge in [0.15, 0.2) is 0 Å². The highest BCUT2D eigenvalue weighted by atomic mass is 15.3. The first-order valence-corrected chi connectivity index (χ1v) is 5.87. The van der Waals surface area contributed by atoms with Crippen LogP contribution in [0.4, 0.5) is 0 Å². The molecule has 0 aliphatic carbocycles. The van der Waals surface area contributed by atoms with Crippen LogP contribution in [-0.2, 0) is 20.1 Å². The molecule has 1 N–H and O–H groups in total. The van der Waals surface area contributed by atoms with Crippen molar-refractivity contribution >= 4 is 0 Å². The highest BCUT2D eigenvalue weighted by molar-refractivity contribution is 5.08. The quantitative estimate of drug-likeness (QED) is 0.843. The minimum atomic E-state index is 0.494. The van der Waals surface area contributed by atoms with Crippen molar-refractivity contribution in [1.29, 1.82) is 0 Å². The van der Waals surface area contributed by atoms with Crippen LogP contribution < -0.4 is 5.32 Å². The molecule has 0 atom stereocenters. The fraction of sp³-hybridized carbons (Fsp3) is 0.500. The molecule has 0 unspecified atom stereocenters. The Morgan fingerprint density at radius 2 is 2.24 bits per heavy atom. The molecule has 0 saturated heterocycles. The van der Waals surface area contributed by atoms with Crippen molar-refractivity contribution in [3.8, 4) is 0 Å². The molecular formula is C12H19N5. The van der Waals surface area contributed by atoms with E-state index in [0.717, 1.165) is 18.9 Å². The molecule has 92 valence electrons. The van der Waals surface area contributed by atoms with E-state index in [2.05, 4.69) is 52.1 Å². The molecule has 0 aliphatic heterocycles. The third-order valence-electron chi connectivity index (χ3n) is 2.73. The maximum Gasteiger partial charge on any atom is 0.146 e. The smallest absolute Gasteiger partial charge is 0.146 e. The third-order valence-corrected chi connectivity index (χ3v) is 2.73. The summed E-state index contributed by atoms with van der Waals surface area (Å²) in [4.78, 5) is 4.24. The normalized spacial score (nSPS) is 11.3. The zero-order chi connectivity index (χ0) is 12.3. The molecule has 2 heterocycles. The molecule has 5 heteroatoms. The fourth-order valence-corrected chi connectivity index (χ4v) is 1.69. The van der Waals surface area contributed by atoms with Crippen LogP contribution in [0.2, 0.25) is 0 Å². The van der Waals surface area contributed by atoms with Gasteiger partial charge in [-0.2, -0.15) is 5.10 Å². The highest BCUT2D eigenvalue weighted by Gasteiger charge is 2.05. The van der Waals surface area contributed by atoms with Crippen molar-refractivity contribution in [3.05, 3.63) is 36.2 Å². The Morgan fingerprint density at radius 1 is 1.41 bits per heavy atom. The largest absolute Gasteiger partial charge is 0.343 e. The fourth-order valence-electron chi connectivity index (χ4n) is 1.69. The molecule has 0 radical (unpaired) electrons. The SMILES string of the molecule is CC(C)NCc1cccn1Cc1ncnn1C. The molecule has 0 saturated carbocycles. The average molecular weight is 233 g/mol. The summed E-state index contributed by atoms with van der Waals surface area (Å²) >= 11 is 0. The van der Waals surface area contributed by atoms with Crippen molar-refractivity contribution in [2.75, 3.05) is 0 Å². The van der Waals surface area contributed by atoms with Crippen LogP contribution in [0.25, 0.3) is 0 Å². The first-order chi connectivity index (χ1) is 8.16. The molecule has 2 aromatic rings. The van der Waals surface area contributed by atoms with E-state index in [-0.39, 0.29) is 0 Å². The summed E-state index contributed by atoms with van der Waals surface area (Å²) in [5.41, 5.74) is 1.27. The van der Waals surface area contributed by atoms with Gasteiger partial charge in [-0.05, 0) is 12.1 Å². The van der Waals surface area contributed by atoms with Gasteiger partial charge in [-0.15, -0.1) is 0 Å². The van der Waals surface area contributed by atoms with Gasteiger partial charge in [0.25, 0.3) is 0 Å². The molecule has 0 fully saturated rings. The molecule has 0 aliphatic rings. The minimum Gasteiger partial charge on any atom is -0.343 e. The predicted molar refractivity (Wildman–Crippen MR) is 66.5 cm³/mol. The van der Waals surface area contributed by atoms with E-state index < -0.39 is 0 Å². The Bertz CT molecular complexity index is 469. The number of nitrogens with one attached hydrogen (secondary N) is 1. The van der Waals surface area contributed by atoms with Gasteiger partial charge in [0, 0.05) is 31.5 Å². The van der Waals surface area contributed by atoms with Gasteiger partial charge < -0.3 is 9.88 Å². The molecule has 17 heavy (non-hydrogen) atoms. The number of aromatic nitrogens is 4. The third kappa shape index (κ3) is 2.94. The highest BCUT2D eigenvalue weighted by Crippen LogP contribution is 2.05. The Balaban J connectivity index is 2.06. The summed E-state index contributed by atoms with van der Waals surface area (Å²) in [7, 11) is 1.91. The number of aryl methyl sites for hydroxylation is 1. The summed E-state index contributed by atoms with van der Waals surface area (Å²) in [6.07, 6.45) is 3.66. The van der Waals surface area contributed by atoms with Crippen molar-refractivity contribution in [3.63, 3.8) is 0 Å². The van der Waals surface area contributed by atoms with Crippen LogP contribution in [0.1, 0.15) is 25.4 Å². The lowest BCUT2D eigenvalue weighted by molar-refractivity contribution is 0.556.